The lowest BCUT2D eigenvalue weighted by atomic mass is 10.0. The Balaban J connectivity index is 1.20. The van der Waals surface area contributed by atoms with Gasteiger partial charge in [-0.15, -0.1) is 0 Å². The van der Waals surface area contributed by atoms with Crippen molar-refractivity contribution in [3.63, 3.8) is 0 Å². The Bertz CT molecular complexity index is 1420. The zero-order valence-electron chi connectivity index (χ0n) is 18.5. The number of fused-ring (bicyclic) bond motifs is 2. The Kier molecular flexibility index (Phi) is 4.90. The summed E-state index contributed by atoms with van der Waals surface area (Å²) in [7, 11) is 0. The highest BCUT2D eigenvalue weighted by atomic mass is 19.1. The Morgan fingerprint density at radius 2 is 1.76 bits per heavy atom. The third kappa shape index (κ3) is 3.36. The Hall–Kier alpha value is -4.00. The number of carbonyl (C=O) groups is 2. The summed E-state index contributed by atoms with van der Waals surface area (Å²) in [5, 5.41) is 5.16. The van der Waals surface area contributed by atoms with Crippen LogP contribution < -0.4 is 0 Å². The van der Waals surface area contributed by atoms with E-state index in [9.17, 15) is 14.0 Å². The van der Waals surface area contributed by atoms with Crippen LogP contribution in [0.15, 0.2) is 72.9 Å². The number of benzene rings is 3. The van der Waals surface area contributed by atoms with Crippen LogP contribution in [0, 0.1) is 5.82 Å². The van der Waals surface area contributed by atoms with Crippen molar-refractivity contribution >= 4 is 22.7 Å². The van der Waals surface area contributed by atoms with Crippen molar-refractivity contribution in [1.82, 2.24) is 19.6 Å². The number of piperidine rings is 1. The number of likely N-dealkylation sites (tertiary alicyclic amines) is 1. The molecule has 1 aromatic heterocycles. The monoisotopic (exact) mass is 454 g/mol. The van der Waals surface area contributed by atoms with Gasteiger partial charge in [0.25, 0.3) is 11.8 Å². The molecule has 2 aliphatic rings. The number of hydrogen-bond acceptors (Lipinski definition) is 3. The summed E-state index contributed by atoms with van der Waals surface area (Å²) in [6.07, 6.45) is 3.17. The highest BCUT2D eigenvalue weighted by Gasteiger charge is 2.35. The van der Waals surface area contributed by atoms with E-state index in [1.165, 1.54) is 12.1 Å². The van der Waals surface area contributed by atoms with Crippen molar-refractivity contribution in [2.75, 3.05) is 13.1 Å². The first kappa shape index (κ1) is 20.6. The fourth-order valence-corrected chi connectivity index (χ4v) is 5.17. The fraction of sp³-hybridized carbons (Fsp3) is 0.222. The number of nitrogens with zero attached hydrogens (tertiary/aromatic N) is 4. The van der Waals surface area contributed by atoms with Crippen LogP contribution in [-0.4, -0.2) is 50.5 Å². The maximum atomic E-state index is 13.7. The smallest absolute Gasteiger partial charge is 0.254 e. The molecule has 34 heavy (non-hydrogen) atoms. The van der Waals surface area contributed by atoms with Crippen molar-refractivity contribution < 1.29 is 14.0 Å². The van der Waals surface area contributed by atoms with Crippen molar-refractivity contribution in [2.24, 2.45) is 0 Å². The maximum Gasteiger partial charge on any atom is 0.254 e. The lowest BCUT2D eigenvalue weighted by molar-refractivity contribution is 0.0536. The van der Waals surface area contributed by atoms with Gasteiger partial charge in [0.15, 0.2) is 0 Å². The van der Waals surface area contributed by atoms with E-state index >= 15 is 0 Å². The van der Waals surface area contributed by atoms with E-state index in [2.05, 4.69) is 5.10 Å². The summed E-state index contributed by atoms with van der Waals surface area (Å²) in [4.78, 5) is 30.1. The molecular formula is C27H23FN4O2. The van der Waals surface area contributed by atoms with Crippen molar-refractivity contribution in [3.05, 3.63) is 95.4 Å². The summed E-state index contributed by atoms with van der Waals surface area (Å²) in [5.74, 6) is -0.287. The van der Waals surface area contributed by atoms with E-state index in [0.29, 0.717) is 30.9 Å². The van der Waals surface area contributed by atoms with Crippen LogP contribution in [0.3, 0.4) is 0 Å². The molecule has 0 saturated carbocycles. The SMILES string of the molecule is O=C(c1cccc2c1cnn2-c1cccc(F)c1)N1CCC(N2Cc3ccccc3C2=O)CC1. The van der Waals surface area contributed by atoms with Crippen LogP contribution in [0.1, 0.15) is 39.1 Å². The van der Waals surface area contributed by atoms with E-state index in [1.54, 1.807) is 23.0 Å². The number of aromatic nitrogens is 2. The van der Waals surface area contributed by atoms with Crippen molar-refractivity contribution in [3.8, 4) is 5.69 Å². The van der Waals surface area contributed by atoms with Crippen LogP contribution in [0.5, 0.6) is 0 Å². The van der Waals surface area contributed by atoms with Gasteiger partial charge in [-0.25, -0.2) is 9.07 Å². The normalized spacial score (nSPS) is 16.3. The second kappa shape index (κ2) is 8.09. The second-order valence-electron chi connectivity index (χ2n) is 8.89. The van der Waals surface area contributed by atoms with Gasteiger partial charge in [0, 0.05) is 36.6 Å². The minimum atomic E-state index is -0.337. The van der Waals surface area contributed by atoms with Crippen molar-refractivity contribution in [2.45, 2.75) is 25.4 Å². The predicted octanol–water partition coefficient (Wildman–Crippen LogP) is 4.43. The molecule has 6 nitrogen and oxygen atoms in total. The Morgan fingerprint density at radius 3 is 2.56 bits per heavy atom. The number of halogens is 1. The Morgan fingerprint density at radius 1 is 0.971 bits per heavy atom. The molecular weight excluding hydrogens is 431 g/mol. The van der Waals surface area contributed by atoms with Crippen molar-refractivity contribution in [1.29, 1.82) is 0 Å². The van der Waals surface area contributed by atoms with E-state index in [0.717, 1.165) is 34.9 Å². The van der Waals surface area contributed by atoms with Crippen LogP contribution >= 0.6 is 0 Å². The number of amides is 2. The molecule has 170 valence electrons. The largest absolute Gasteiger partial charge is 0.338 e. The molecule has 1 saturated heterocycles. The van der Waals surface area contributed by atoms with Gasteiger partial charge >= 0.3 is 0 Å². The van der Waals surface area contributed by atoms with Gasteiger partial charge in [-0.1, -0.05) is 30.3 Å². The van der Waals surface area contributed by atoms with Crippen LogP contribution in [0.4, 0.5) is 4.39 Å². The van der Waals surface area contributed by atoms with Crippen LogP contribution in [0.2, 0.25) is 0 Å². The zero-order valence-corrected chi connectivity index (χ0v) is 18.5. The molecule has 1 fully saturated rings. The molecule has 2 amide bonds. The van der Waals surface area contributed by atoms with Crippen LogP contribution in [0.25, 0.3) is 16.6 Å². The fourth-order valence-electron chi connectivity index (χ4n) is 5.17. The lowest BCUT2D eigenvalue weighted by Gasteiger charge is -2.36. The molecule has 3 aromatic carbocycles. The van der Waals surface area contributed by atoms with E-state index < -0.39 is 0 Å². The Labute approximate surface area is 196 Å². The molecule has 7 heteroatoms. The van der Waals surface area contributed by atoms with E-state index in [-0.39, 0.29) is 23.7 Å². The standard InChI is InChI=1S/C27H23FN4O2/c28-19-6-3-7-21(15-19)32-25-10-4-9-23(24(25)16-29-32)26(33)30-13-11-20(12-14-30)31-17-18-5-1-2-8-22(18)27(31)34/h1-10,15-16,20H,11-14,17H2. The molecule has 4 aromatic rings. The molecule has 0 N–H and O–H groups in total. The summed E-state index contributed by atoms with van der Waals surface area (Å²) in [5.41, 5.74) is 3.82. The predicted molar refractivity (Wildman–Crippen MR) is 126 cm³/mol. The van der Waals surface area contributed by atoms with E-state index in [4.69, 9.17) is 0 Å². The van der Waals surface area contributed by atoms with Gasteiger partial charge in [0.05, 0.1) is 23.0 Å². The van der Waals surface area contributed by atoms with Gasteiger partial charge < -0.3 is 9.80 Å². The number of hydrogen-bond donors (Lipinski definition) is 0. The molecule has 0 spiro atoms. The maximum absolute atomic E-state index is 13.7. The third-order valence-electron chi connectivity index (χ3n) is 6.94. The minimum Gasteiger partial charge on any atom is -0.338 e. The van der Waals surface area contributed by atoms with Gasteiger partial charge in [0.1, 0.15) is 5.82 Å². The summed E-state index contributed by atoms with van der Waals surface area (Å²) < 4.78 is 15.4. The highest BCUT2D eigenvalue weighted by molar-refractivity contribution is 6.06. The number of rotatable bonds is 3. The molecule has 0 bridgehead atoms. The molecule has 6 rings (SSSR count). The molecule has 0 radical (unpaired) electrons. The average Bonchev–Trinajstić information content (AvgIpc) is 3.45. The lowest BCUT2D eigenvalue weighted by Crippen LogP contribution is -2.46. The van der Waals surface area contributed by atoms with Gasteiger partial charge in [-0.05, 0) is 54.8 Å². The second-order valence-corrected chi connectivity index (χ2v) is 8.89. The molecule has 0 unspecified atom stereocenters. The zero-order chi connectivity index (χ0) is 23.2. The van der Waals surface area contributed by atoms with E-state index in [1.807, 2.05) is 52.3 Å². The molecule has 3 heterocycles. The average molecular weight is 455 g/mol. The first-order chi connectivity index (χ1) is 16.6. The topological polar surface area (TPSA) is 58.4 Å². The summed E-state index contributed by atoms with van der Waals surface area (Å²) >= 11 is 0. The molecule has 2 aliphatic heterocycles. The minimum absolute atomic E-state index is 0.0427. The third-order valence-corrected chi connectivity index (χ3v) is 6.94. The van der Waals surface area contributed by atoms with Crippen LogP contribution in [-0.2, 0) is 6.54 Å². The quantitative estimate of drug-likeness (QED) is 0.460. The van der Waals surface area contributed by atoms with Gasteiger partial charge in [-0.2, -0.15) is 5.10 Å². The molecule has 0 atom stereocenters. The number of carbonyl (C=O) groups excluding carboxylic acids is 2. The first-order valence-corrected chi connectivity index (χ1v) is 11.5. The molecule has 0 aliphatic carbocycles. The highest BCUT2D eigenvalue weighted by Crippen LogP contribution is 2.30. The summed E-state index contributed by atoms with van der Waals surface area (Å²) in [6, 6.07) is 19.7. The first-order valence-electron chi connectivity index (χ1n) is 11.5. The summed E-state index contributed by atoms with van der Waals surface area (Å²) in [6.45, 7) is 1.84. The van der Waals surface area contributed by atoms with Gasteiger partial charge in [0.2, 0.25) is 0 Å². The van der Waals surface area contributed by atoms with Gasteiger partial charge in [-0.3, -0.25) is 9.59 Å².